The Hall–Kier alpha value is -3.38. The summed E-state index contributed by atoms with van der Waals surface area (Å²) in [6.07, 6.45) is 1.99. The number of aromatic amines is 1. The van der Waals surface area contributed by atoms with Crippen LogP contribution in [0.3, 0.4) is 0 Å². The maximum atomic E-state index is 12.8. The Morgan fingerprint density at radius 3 is 2.44 bits per heavy atom. The summed E-state index contributed by atoms with van der Waals surface area (Å²) in [5.74, 6) is 1.24. The third-order valence-electron chi connectivity index (χ3n) is 5.93. The van der Waals surface area contributed by atoms with E-state index in [1.807, 2.05) is 18.2 Å². The SMILES string of the molecule is CS(=O)(=O)Nc1ccc(C2CC2c2nc3ccc(-c4ccccc4NS(=O)C(F)(F)F)cc3[nH]2)cc1. The van der Waals surface area contributed by atoms with Gasteiger partial charge in [0.05, 0.1) is 23.0 Å². The summed E-state index contributed by atoms with van der Waals surface area (Å²) in [4.78, 5) is 8.03. The maximum Gasteiger partial charge on any atom is 0.490 e. The van der Waals surface area contributed by atoms with Crippen molar-refractivity contribution in [2.45, 2.75) is 23.8 Å². The zero-order chi connectivity index (χ0) is 25.7. The quantitative estimate of drug-likeness (QED) is 0.293. The first-order valence-corrected chi connectivity index (χ1v) is 13.9. The Bertz CT molecular complexity index is 1570. The van der Waals surface area contributed by atoms with Crippen LogP contribution in [0, 0.1) is 0 Å². The smallest absolute Gasteiger partial charge is 0.342 e. The first-order chi connectivity index (χ1) is 17.0. The summed E-state index contributed by atoms with van der Waals surface area (Å²) in [5, 5.41) is 0. The number of rotatable bonds is 7. The van der Waals surface area contributed by atoms with E-state index in [0.29, 0.717) is 16.8 Å². The molecule has 5 rings (SSSR count). The molecular weight excluding hydrogens is 513 g/mol. The molecule has 3 unspecified atom stereocenters. The number of benzene rings is 3. The number of nitrogens with zero attached hydrogens (tertiary/aromatic N) is 1. The molecule has 4 aromatic rings. The van der Waals surface area contributed by atoms with E-state index < -0.39 is 26.5 Å². The third kappa shape index (κ3) is 5.24. The van der Waals surface area contributed by atoms with E-state index in [1.54, 1.807) is 42.5 Å². The monoisotopic (exact) mass is 534 g/mol. The summed E-state index contributed by atoms with van der Waals surface area (Å²) in [6.45, 7) is 0. The van der Waals surface area contributed by atoms with Gasteiger partial charge in [-0.2, -0.15) is 13.2 Å². The molecule has 1 aliphatic carbocycles. The molecule has 0 spiro atoms. The fourth-order valence-electron chi connectivity index (χ4n) is 4.23. The number of hydrogen-bond donors (Lipinski definition) is 3. The van der Waals surface area contributed by atoms with Crippen LogP contribution < -0.4 is 9.44 Å². The number of anilines is 2. The van der Waals surface area contributed by atoms with E-state index >= 15 is 0 Å². The Morgan fingerprint density at radius 1 is 1.03 bits per heavy atom. The predicted octanol–water partition coefficient (Wildman–Crippen LogP) is 5.47. The number of aromatic nitrogens is 2. The molecule has 0 amide bonds. The molecular formula is C24H21F3N4O3S2. The minimum absolute atomic E-state index is 0.114. The zero-order valence-corrected chi connectivity index (χ0v) is 20.5. The number of alkyl halides is 3. The molecule has 0 aliphatic heterocycles. The number of imidazole rings is 1. The number of fused-ring (bicyclic) bond motifs is 1. The van der Waals surface area contributed by atoms with Gasteiger partial charge < -0.3 is 4.98 Å². The van der Waals surface area contributed by atoms with E-state index in [0.717, 1.165) is 35.1 Å². The molecule has 3 aromatic carbocycles. The fraction of sp³-hybridized carbons (Fsp3) is 0.208. The second-order valence-electron chi connectivity index (χ2n) is 8.66. The van der Waals surface area contributed by atoms with Crippen molar-refractivity contribution in [3.63, 3.8) is 0 Å². The molecule has 0 radical (unpaired) electrons. The highest BCUT2D eigenvalue weighted by atomic mass is 32.2. The molecule has 0 saturated heterocycles. The molecule has 1 aromatic heterocycles. The standard InChI is InChI=1S/C24H21F3N4O3S2/c1-36(33,34)31-16-9-6-14(7-10-16)18-13-19(18)23-28-21-11-8-15(12-22(21)29-23)17-4-2-3-5-20(17)30-35(32)24(25,26)27/h2-12,18-19,30-31H,13H2,1H3,(H,28,29). The average molecular weight is 535 g/mol. The molecule has 7 nitrogen and oxygen atoms in total. The molecule has 188 valence electrons. The second kappa shape index (κ2) is 8.93. The highest BCUT2D eigenvalue weighted by Gasteiger charge is 2.41. The second-order valence-corrected chi connectivity index (χ2v) is 11.6. The van der Waals surface area contributed by atoms with Crippen molar-refractivity contribution < 1.29 is 25.8 Å². The van der Waals surface area contributed by atoms with Crippen molar-refractivity contribution in [2.24, 2.45) is 0 Å². The molecule has 3 atom stereocenters. The van der Waals surface area contributed by atoms with Gasteiger partial charge in [-0.3, -0.25) is 9.44 Å². The number of hydrogen-bond acceptors (Lipinski definition) is 4. The average Bonchev–Trinajstić information content (AvgIpc) is 3.49. The Kier molecular flexibility index (Phi) is 6.03. The van der Waals surface area contributed by atoms with E-state index in [1.165, 1.54) is 6.07 Å². The van der Waals surface area contributed by atoms with Gasteiger partial charge in [-0.05, 0) is 53.8 Å². The lowest BCUT2D eigenvalue weighted by atomic mass is 10.0. The van der Waals surface area contributed by atoms with Gasteiger partial charge in [0.2, 0.25) is 21.0 Å². The number of nitrogens with one attached hydrogen (secondary N) is 3. The lowest BCUT2D eigenvalue weighted by Gasteiger charge is -2.13. The lowest BCUT2D eigenvalue weighted by Crippen LogP contribution is -2.23. The van der Waals surface area contributed by atoms with Gasteiger partial charge in [0.1, 0.15) is 5.82 Å². The van der Waals surface area contributed by atoms with Crippen LogP contribution in [0.2, 0.25) is 0 Å². The minimum atomic E-state index is -4.87. The van der Waals surface area contributed by atoms with Gasteiger partial charge >= 0.3 is 5.51 Å². The first kappa shape index (κ1) is 24.3. The van der Waals surface area contributed by atoms with E-state index in [9.17, 15) is 25.8 Å². The number of H-pyrrole nitrogens is 1. The van der Waals surface area contributed by atoms with Crippen LogP contribution >= 0.6 is 0 Å². The molecule has 0 bridgehead atoms. The molecule has 1 saturated carbocycles. The molecule has 1 heterocycles. The summed E-state index contributed by atoms with van der Waals surface area (Å²) in [6, 6.07) is 19.0. The molecule has 12 heteroatoms. The highest BCUT2D eigenvalue weighted by molar-refractivity contribution is 7.92. The van der Waals surface area contributed by atoms with Crippen molar-refractivity contribution in [1.29, 1.82) is 0 Å². The summed E-state index contributed by atoms with van der Waals surface area (Å²) in [5.41, 5.74) is -0.559. The summed E-state index contributed by atoms with van der Waals surface area (Å²) >= 11 is 0. The van der Waals surface area contributed by atoms with Crippen molar-refractivity contribution >= 4 is 43.4 Å². The van der Waals surface area contributed by atoms with E-state index in [2.05, 4.69) is 14.4 Å². The third-order valence-corrected chi connectivity index (χ3v) is 7.37. The molecule has 36 heavy (non-hydrogen) atoms. The van der Waals surface area contributed by atoms with Crippen LogP contribution in [-0.2, 0) is 21.0 Å². The minimum Gasteiger partial charge on any atom is -0.342 e. The number of sulfonamides is 1. The largest absolute Gasteiger partial charge is 0.490 e. The van der Waals surface area contributed by atoms with Gasteiger partial charge in [-0.15, -0.1) is 0 Å². The lowest BCUT2D eigenvalue weighted by molar-refractivity contribution is -0.0379. The zero-order valence-electron chi connectivity index (χ0n) is 18.8. The molecule has 1 fully saturated rings. The van der Waals surface area contributed by atoms with E-state index in [4.69, 9.17) is 4.98 Å². The van der Waals surface area contributed by atoms with Crippen molar-refractivity contribution in [1.82, 2.24) is 9.97 Å². The Labute approximate surface area is 207 Å². The van der Waals surface area contributed by atoms with Crippen LogP contribution in [0.5, 0.6) is 0 Å². The predicted molar refractivity (Wildman–Crippen MR) is 134 cm³/mol. The first-order valence-electron chi connectivity index (χ1n) is 10.9. The highest BCUT2D eigenvalue weighted by Crippen LogP contribution is 2.54. The maximum absolute atomic E-state index is 12.8. The topological polar surface area (TPSA) is 104 Å². The Balaban J connectivity index is 1.36. The summed E-state index contributed by atoms with van der Waals surface area (Å²) < 4.78 is 77.2. The van der Waals surface area contributed by atoms with Crippen LogP contribution in [0.4, 0.5) is 24.5 Å². The Morgan fingerprint density at radius 2 is 1.75 bits per heavy atom. The normalized spacial score (nSPS) is 18.7. The van der Waals surface area contributed by atoms with Gasteiger partial charge in [0.15, 0.2) is 0 Å². The number of halogens is 3. The van der Waals surface area contributed by atoms with Crippen LogP contribution in [0.25, 0.3) is 22.2 Å². The van der Waals surface area contributed by atoms with E-state index in [-0.39, 0.29) is 17.5 Å². The van der Waals surface area contributed by atoms with Crippen molar-refractivity contribution in [3.8, 4) is 11.1 Å². The molecule has 1 aliphatic rings. The van der Waals surface area contributed by atoms with Gasteiger partial charge in [-0.25, -0.2) is 17.6 Å². The summed E-state index contributed by atoms with van der Waals surface area (Å²) in [7, 11) is -6.56. The van der Waals surface area contributed by atoms with Gasteiger partial charge in [0.25, 0.3) is 0 Å². The van der Waals surface area contributed by atoms with Crippen LogP contribution in [0.1, 0.15) is 29.6 Å². The van der Waals surface area contributed by atoms with Crippen molar-refractivity contribution in [2.75, 3.05) is 15.7 Å². The van der Waals surface area contributed by atoms with Crippen molar-refractivity contribution in [3.05, 3.63) is 78.1 Å². The van der Waals surface area contributed by atoms with Crippen LogP contribution in [0.15, 0.2) is 66.7 Å². The van der Waals surface area contributed by atoms with Gasteiger partial charge in [-0.1, -0.05) is 36.4 Å². The van der Waals surface area contributed by atoms with Crippen LogP contribution in [-0.4, -0.2) is 34.4 Å². The fourth-order valence-corrected chi connectivity index (χ4v) is 5.29. The number of para-hydroxylation sites is 1. The molecule has 3 N–H and O–H groups in total. The van der Waals surface area contributed by atoms with Gasteiger partial charge in [0, 0.05) is 17.2 Å².